The van der Waals surface area contributed by atoms with Gasteiger partial charge in [0.05, 0.1) is 11.7 Å². The number of amides is 1. The first-order valence-corrected chi connectivity index (χ1v) is 14.8. The van der Waals surface area contributed by atoms with Crippen molar-refractivity contribution in [3.05, 3.63) is 99.0 Å². The van der Waals surface area contributed by atoms with E-state index >= 15 is 0 Å². The Morgan fingerprint density at radius 3 is 2.48 bits per heavy atom. The van der Waals surface area contributed by atoms with E-state index in [1.165, 1.54) is 30.6 Å². The average Bonchev–Trinajstić information content (AvgIpc) is 3.41. The summed E-state index contributed by atoms with van der Waals surface area (Å²) in [5.41, 5.74) is 4.03. The van der Waals surface area contributed by atoms with Crippen LogP contribution in [0.1, 0.15) is 80.2 Å². The van der Waals surface area contributed by atoms with Crippen LogP contribution in [-0.4, -0.2) is 22.0 Å². The second-order valence-electron chi connectivity index (χ2n) is 10.6. The molecule has 40 heavy (non-hydrogen) atoms. The van der Waals surface area contributed by atoms with E-state index in [2.05, 4.69) is 5.32 Å². The van der Waals surface area contributed by atoms with Crippen molar-refractivity contribution in [2.24, 2.45) is 5.92 Å². The third kappa shape index (κ3) is 9.19. The van der Waals surface area contributed by atoms with Crippen molar-refractivity contribution in [3.63, 3.8) is 0 Å². The standard InChI is InChI=1S/C33H38N2O4S/c1-23(17-24(2)33(37)38)18-28-22-40-32(34-28)30(35-31(36)20-25-9-5-3-6-10-25)19-26-13-15-29(16-14-26)39-21-27-11-7-4-8-12-27/h4,7-8,11-18,22,25,30H,3,5-6,9-10,19-21H2,1-2H3,(H,35,36)(H,37,38)/b23-18+,24-17-/t30-/m0/s1. The van der Waals surface area contributed by atoms with Crippen molar-refractivity contribution in [3.8, 4) is 5.75 Å². The Bertz CT molecular complexity index is 1320. The molecule has 2 N–H and O–H groups in total. The molecule has 1 fully saturated rings. The van der Waals surface area contributed by atoms with Crippen LogP contribution < -0.4 is 10.1 Å². The summed E-state index contributed by atoms with van der Waals surface area (Å²) in [6.07, 6.45) is 10.6. The predicted molar refractivity (Wildman–Crippen MR) is 160 cm³/mol. The number of aromatic nitrogens is 1. The molecule has 1 saturated carbocycles. The highest BCUT2D eigenvalue weighted by molar-refractivity contribution is 7.09. The summed E-state index contributed by atoms with van der Waals surface area (Å²) in [7, 11) is 0. The molecule has 7 heteroatoms. The smallest absolute Gasteiger partial charge is 0.331 e. The molecule has 1 aliphatic carbocycles. The van der Waals surface area contributed by atoms with Crippen molar-refractivity contribution in [2.45, 2.75) is 71.4 Å². The quantitative estimate of drug-likeness (QED) is 0.177. The van der Waals surface area contributed by atoms with Crippen LogP contribution >= 0.6 is 11.3 Å². The SMILES string of the molecule is C/C(=C/C(C)=C/c1csc([C@H](Cc2ccc(OCc3ccccc3)cc2)NC(=O)CC2CCCCC2)n1)C(=O)O. The Kier molecular flexibility index (Phi) is 10.7. The van der Waals surface area contributed by atoms with Gasteiger partial charge in [0, 0.05) is 17.4 Å². The Morgan fingerprint density at radius 2 is 1.77 bits per heavy atom. The number of rotatable bonds is 12. The van der Waals surface area contributed by atoms with Gasteiger partial charge in [-0.25, -0.2) is 9.78 Å². The van der Waals surface area contributed by atoms with Crippen LogP contribution in [0.4, 0.5) is 0 Å². The summed E-state index contributed by atoms with van der Waals surface area (Å²) in [4.78, 5) is 29.1. The van der Waals surface area contributed by atoms with Crippen LogP contribution in [0.25, 0.3) is 6.08 Å². The number of benzene rings is 2. The van der Waals surface area contributed by atoms with Crippen molar-refractivity contribution >= 4 is 29.3 Å². The zero-order valence-corrected chi connectivity index (χ0v) is 24.1. The van der Waals surface area contributed by atoms with Crippen LogP contribution in [0.15, 0.2) is 77.2 Å². The van der Waals surface area contributed by atoms with Gasteiger partial charge in [0.2, 0.25) is 5.91 Å². The molecule has 2 aromatic carbocycles. The highest BCUT2D eigenvalue weighted by atomic mass is 32.1. The number of ether oxygens (including phenoxy) is 1. The largest absolute Gasteiger partial charge is 0.489 e. The molecule has 0 saturated heterocycles. The third-order valence-electron chi connectivity index (χ3n) is 7.14. The van der Waals surface area contributed by atoms with E-state index in [1.807, 2.05) is 73.0 Å². The second kappa shape index (κ2) is 14.6. The summed E-state index contributed by atoms with van der Waals surface area (Å²) < 4.78 is 5.94. The first-order chi connectivity index (χ1) is 19.4. The fraction of sp³-hybridized carbons (Fsp3) is 0.364. The van der Waals surface area contributed by atoms with Crippen molar-refractivity contribution in [1.82, 2.24) is 10.3 Å². The highest BCUT2D eigenvalue weighted by Gasteiger charge is 2.22. The van der Waals surface area contributed by atoms with E-state index in [-0.39, 0.29) is 17.5 Å². The Labute approximate surface area is 240 Å². The van der Waals surface area contributed by atoms with Gasteiger partial charge in [0.1, 0.15) is 17.4 Å². The molecule has 1 heterocycles. The van der Waals surface area contributed by atoms with Gasteiger partial charge in [-0.15, -0.1) is 11.3 Å². The first kappa shape index (κ1) is 29.3. The van der Waals surface area contributed by atoms with Gasteiger partial charge in [-0.2, -0.15) is 0 Å². The lowest BCUT2D eigenvalue weighted by Crippen LogP contribution is -2.31. The molecule has 0 aliphatic heterocycles. The summed E-state index contributed by atoms with van der Waals surface area (Å²) in [5.74, 6) is 0.386. The molecule has 0 radical (unpaired) electrons. The van der Waals surface area contributed by atoms with Gasteiger partial charge in [0.15, 0.2) is 0 Å². The minimum absolute atomic E-state index is 0.0724. The minimum Gasteiger partial charge on any atom is -0.489 e. The number of aliphatic carboxylic acids is 1. The van der Waals surface area contributed by atoms with E-state index in [1.54, 1.807) is 13.0 Å². The maximum absolute atomic E-state index is 13.1. The van der Waals surface area contributed by atoms with Crippen LogP contribution in [0.2, 0.25) is 0 Å². The molecule has 1 aromatic heterocycles. The maximum atomic E-state index is 13.1. The summed E-state index contributed by atoms with van der Waals surface area (Å²) >= 11 is 1.51. The fourth-order valence-corrected chi connectivity index (χ4v) is 5.84. The maximum Gasteiger partial charge on any atom is 0.331 e. The molecule has 4 rings (SSSR count). The van der Waals surface area contributed by atoms with E-state index in [9.17, 15) is 9.59 Å². The monoisotopic (exact) mass is 558 g/mol. The number of allylic oxidation sites excluding steroid dienone is 2. The van der Waals surface area contributed by atoms with Crippen LogP contribution in [0, 0.1) is 5.92 Å². The first-order valence-electron chi connectivity index (χ1n) is 14.0. The highest BCUT2D eigenvalue weighted by Crippen LogP contribution is 2.28. The number of nitrogens with zero attached hydrogens (tertiary/aromatic N) is 1. The molecule has 1 aliphatic rings. The number of carboxylic acid groups (broad SMARTS) is 1. The molecule has 6 nitrogen and oxygen atoms in total. The molecule has 1 amide bonds. The Morgan fingerprint density at radius 1 is 1.05 bits per heavy atom. The minimum atomic E-state index is -0.941. The average molecular weight is 559 g/mol. The van der Waals surface area contributed by atoms with Gasteiger partial charge >= 0.3 is 5.97 Å². The molecular formula is C33H38N2O4S. The number of hydrogen-bond donors (Lipinski definition) is 2. The lowest BCUT2D eigenvalue weighted by molar-refractivity contribution is -0.132. The van der Waals surface area contributed by atoms with E-state index < -0.39 is 5.97 Å². The van der Waals surface area contributed by atoms with Crippen molar-refractivity contribution in [2.75, 3.05) is 0 Å². The number of carbonyl (C=O) groups excluding carboxylic acids is 1. The summed E-state index contributed by atoms with van der Waals surface area (Å²) in [6.45, 7) is 3.94. The molecule has 210 valence electrons. The van der Waals surface area contributed by atoms with E-state index in [0.29, 0.717) is 25.4 Å². The Hall–Kier alpha value is -3.71. The van der Waals surface area contributed by atoms with Gasteiger partial charge in [-0.05, 0) is 80.0 Å². The fourth-order valence-electron chi connectivity index (χ4n) is 5.01. The third-order valence-corrected chi connectivity index (χ3v) is 8.12. The number of carboxylic acids is 1. The Balaban J connectivity index is 1.46. The number of hydrogen-bond acceptors (Lipinski definition) is 5. The number of thiazole rings is 1. The topological polar surface area (TPSA) is 88.5 Å². The van der Waals surface area contributed by atoms with E-state index in [0.717, 1.165) is 46.0 Å². The zero-order chi connectivity index (χ0) is 28.3. The predicted octanol–water partition coefficient (Wildman–Crippen LogP) is 7.53. The van der Waals surface area contributed by atoms with Crippen molar-refractivity contribution in [1.29, 1.82) is 0 Å². The van der Waals surface area contributed by atoms with Crippen molar-refractivity contribution < 1.29 is 19.4 Å². The van der Waals surface area contributed by atoms with Crippen LogP contribution in [0.3, 0.4) is 0 Å². The van der Waals surface area contributed by atoms with Crippen LogP contribution in [0.5, 0.6) is 5.75 Å². The lowest BCUT2D eigenvalue weighted by atomic mass is 9.87. The molecule has 0 unspecified atom stereocenters. The normalized spacial score (nSPS) is 15.4. The van der Waals surface area contributed by atoms with Gasteiger partial charge in [0.25, 0.3) is 0 Å². The number of carbonyl (C=O) groups is 2. The molecule has 3 aromatic rings. The van der Waals surface area contributed by atoms with Gasteiger partial charge in [-0.3, -0.25) is 4.79 Å². The molecule has 0 bridgehead atoms. The number of nitrogens with one attached hydrogen (secondary N) is 1. The summed E-state index contributed by atoms with van der Waals surface area (Å²) in [6, 6.07) is 17.8. The van der Waals surface area contributed by atoms with E-state index in [4.69, 9.17) is 14.8 Å². The van der Waals surface area contributed by atoms with Gasteiger partial charge in [-0.1, -0.05) is 61.7 Å². The van der Waals surface area contributed by atoms with Gasteiger partial charge < -0.3 is 15.2 Å². The van der Waals surface area contributed by atoms with Crippen LogP contribution in [-0.2, 0) is 22.6 Å². The molecule has 1 atom stereocenters. The second-order valence-corrected chi connectivity index (χ2v) is 11.5. The molecule has 0 spiro atoms. The zero-order valence-electron chi connectivity index (χ0n) is 23.3. The molecular weight excluding hydrogens is 520 g/mol. The summed E-state index contributed by atoms with van der Waals surface area (Å²) in [5, 5.41) is 15.2. The lowest BCUT2D eigenvalue weighted by Gasteiger charge is -2.23.